The number of nitrogens with zero attached hydrogens (tertiary/aromatic N) is 2. The van der Waals surface area contributed by atoms with Gasteiger partial charge in [0.05, 0.1) is 11.8 Å². The zero-order valence-corrected chi connectivity index (χ0v) is 14.1. The van der Waals surface area contributed by atoms with Gasteiger partial charge in [-0.1, -0.05) is 29.3 Å². The van der Waals surface area contributed by atoms with Crippen molar-refractivity contribution in [1.82, 2.24) is 5.01 Å². The number of benzene rings is 1. The second-order valence-electron chi connectivity index (χ2n) is 6.56. The lowest BCUT2D eigenvalue weighted by atomic mass is 9.98. The van der Waals surface area contributed by atoms with Crippen LogP contribution in [0, 0.1) is 19.8 Å². The van der Waals surface area contributed by atoms with Gasteiger partial charge in [-0.05, 0) is 44.6 Å². The van der Waals surface area contributed by atoms with Crippen LogP contribution in [0.4, 0.5) is 0 Å². The monoisotopic (exact) mass is 318 g/mol. The van der Waals surface area contributed by atoms with Crippen molar-refractivity contribution in [2.75, 3.05) is 5.88 Å². The summed E-state index contributed by atoms with van der Waals surface area (Å²) in [5.74, 6) is 1.28. The normalized spacial score (nSPS) is 21.1. The Hall–Kier alpha value is -1.35. The lowest BCUT2D eigenvalue weighted by molar-refractivity contribution is -0.133. The molecule has 4 heteroatoms. The van der Waals surface area contributed by atoms with Crippen LogP contribution in [0.1, 0.15) is 48.8 Å². The summed E-state index contributed by atoms with van der Waals surface area (Å²) in [6.07, 6.45) is 4.55. The minimum Gasteiger partial charge on any atom is -0.273 e. The summed E-state index contributed by atoms with van der Waals surface area (Å²) in [4.78, 5) is 12.4. The Morgan fingerprint density at radius 2 is 1.95 bits per heavy atom. The molecule has 0 saturated heterocycles. The smallest absolute Gasteiger partial charge is 0.242 e. The summed E-state index contributed by atoms with van der Waals surface area (Å²) in [5, 5.41) is 6.45. The molecular weight excluding hydrogens is 296 g/mol. The summed E-state index contributed by atoms with van der Waals surface area (Å²) >= 11 is 5.72. The van der Waals surface area contributed by atoms with Gasteiger partial charge in [0.1, 0.15) is 0 Å². The molecule has 118 valence electrons. The van der Waals surface area contributed by atoms with E-state index in [1.807, 2.05) is 0 Å². The van der Waals surface area contributed by atoms with Crippen molar-refractivity contribution in [3.05, 3.63) is 34.9 Å². The van der Waals surface area contributed by atoms with E-state index in [9.17, 15) is 4.79 Å². The molecule has 1 aromatic carbocycles. The van der Waals surface area contributed by atoms with E-state index in [1.54, 1.807) is 5.01 Å². The summed E-state index contributed by atoms with van der Waals surface area (Å²) in [6.45, 7) is 4.21. The van der Waals surface area contributed by atoms with Gasteiger partial charge in [0.15, 0.2) is 0 Å². The third-order valence-electron chi connectivity index (χ3n) is 4.45. The van der Waals surface area contributed by atoms with Crippen LogP contribution in [0.5, 0.6) is 0 Å². The standard InChI is InChI=1S/C18H23ClN2O/c1-12-8-13(2)10-15(9-12)16-11-17(14-5-6-14)21(20-16)18(22)4-3-7-19/h8-10,14,17H,3-7,11H2,1-2H3. The van der Waals surface area contributed by atoms with E-state index in [0.717, 1.165) is 24.1 Å². The van der Waals surface area contributed by atoms with E-state index >= 15 is 0 Å². The number of carbonyl (C=O) groups excluding carboxylic acids is 1. The Kier molecular flexibility index (Phi) is 4.53. The molecule has 1 fully saturated rings. The highest BCUT2D eigenvalue weighted by atomic mass is 35.5. The van der Waals surface area contributed by atoms with Crippen LogP contribution in [-0.2, 0) is 4.79 Å². The van der Waals surface area contributed by atoms with Crippen molar-refractivity contribution < 1.29 is 4.79 Å². The number of rotatable bonds is 5. The summed E-state index contributed by atoms with van der Waals surface area (Å²) in [5.41, 5.74) is 4.71. The van der Waals surface area contributed by atoms with Gasteiger partial charge in [-0.15, -0.1) is 11.6 Å². The second-order valence-corrected chi connectivity index (χ2v) is 6.94. The molecule has 1 aliphatic heterocycles. The summed E-state index contributed by atoms with van der Waals surface area (Å²) in [7, 11) is 0. The minimum atomic E-state index is 0.122. The molecule has 3 nitrogen and oxygen atoms in total. The van der Waals surface area contributed by atoms with Gasteiger partial charge in [-0.3, -0.25) is 4.79 Å². The number of hydrazone groups is 1. The molecule has 1 amide bonds. The van der Waals surface area contributed by atoms with Crippen molar-refractivity contribution >= 4 is 23.2 Å². The maximum atomic E-state index is 12.4. The lowest BCUT2D eigenvalue weighted by Crippen LogP contribution is -2.34. The van der Waals surface area contributed by atoms with Gasteiger partial charge in [-0.25, -0.2) is 5.01 Å². The molecule has 0 N–H and O–H groups in total. The van der Waals surface area contributed by atoms with Crippen LogP contribution < -0.4 is 0 Å². The van der Waals surface area contributed by atoms with Gasteiger partial charge in [0.25, 0.3) is 0 Å². The molecule has 1 aromatic rings. The number of carbonyl (C=O) groups is 1. The maximum absolute atomic E-state index is 12.4. The Balaban J connectivity index is 1.83. The third kappa shape index (κ3) is 3.35. The van der Waals surface area contributed by atoms with Crippen LogP contribution in [0.25, 0.3) is 0 Å². The van der Waals surface area contributed by atoms with E-state index in [1.165, 1.54) is 24.0 Å². The number of hydrogen-bond acceptors (Lipinski definition) is 2. The van der Waals surface area contributed by atoms with Crippen LogP contribution in [0.15, 0.2) is 23.3 Å². The summed E-state index contributed by atoms with van der Waals surface area (Å²) < 4.78 is 0. The first-order valence-electron chi connectivity index (χ1n) is 8.12. The van der Waals surface area contributed by atoms with E-state index in [-0.39, 0.29) is 11.9 Å². The van der Waals surface area contributed by atoms with Gasteiger partial charge in [0.2, 0.25) is 5.91 Å². The predicted octanol–water partition coefficient (Wildman–Crippen LogP) is 4.04. The molecule has 1 saturated carbocycles. The van der Waals surface area contributed by atoms with Crippen molar-refractivity contribution in [1.29, 1.82) is 0 Å². The average molecular weight is 319 g/mol. The van der Waals surface area contributed by atoms with Gasteiger partial charge >= 0.3 is 0 Å². The van der Waals surface area contributed by atoms with E-state index < -0.39 is 0 Å². The topological polar surface area (TPSA) is 32.7 Å². The molecule has 0 aromatic heterocycles. The fourth-order valence-corrected chi connectivity index (χ4v) is 3.40. The molecule has 1 unspecified atom stereocenters. The molecule has 1 heterocycles. The van der Waals surface area contributed by atoms with Crippen molar-refractivity contribution in [2.24, 2.45) is 11.0 Å². The van der Waals surface area contributed by atoms with Crippen molar-refractivity contribution in [2.45, 2.75) is 52.0 Å². The predicted molar refractivity (Wildman–Crippen MR) is 90.4 cm³/mol. The van der Waals surface area contributed by atoms with Crippen molar-refractivity contribution in [3.63, 3.8) is 0 Å². The van der Waals surface area contributed by atoms with Crippen LogP contribution in [0.2, 0.25) is 0 Å². The Morgan fingerprint density at radius 1 is 1.27 bits per heavy atom. The zero-order valence-electron chi connectivity index (χ0n) is 13.3. The Bertz CT molecular complexity index is 587. The Morgan fingerprint density at radius 3 is 2.55 bits per heavy atom. The largest absolute Gasteiger partial charge is 0.273 e. The van der Waals surface area contributed by atoms with Crippen LogP contribution in [-0.4, -0.2) is 28.5 Å². The number of aryl methyl sites for hydroxylation is 2. The maximum Gasteiger partial charge on any atom is 0.242 e. The van der Waals surface area contributed by atoms with E-state index in [2.05, 4.69) is 32.0 Å². The van der Waals surface area contributed by atoms with Crippen LogP contribution in [0.3, 0.4) is 0 Å². The molecule has 0 radical (unpaired) electrons. The molecule has 2 aliphatic rings. The van der Waals surface area contributed by atoms with Gasteiger partial charge < -0.3 is 0 Å². The third-order valence-corrected chi connectivity index (χ3v) is 4.71. The average Bonchev–Trinajstić information content (AvgIpc) is 3.22. The number of amides is 1. The second kappa shape index (κ2) is 6.41. The first-order valence-corrected chi connectivity index (χ1v) is 8.66. The van der Waals surface area contributed by atoms with Crippen LogP contribution >= 0.6 is 11.6 Å². The molecular formula is C18H23ClN2O. The fourth-order valence-electron chi connectivity index (χ4n) is 3.27. The first-order chi connectivity index (χ1) is 10.6. The molecule has 0 bridgehead atoms. The molecule has 1 atom stereocenters. The zero-order chi connectivity index (χ0) is 15.7. The minimum absolute atomic E-state index is 0.122. The van der Waals surface area contributed by atoms with E-state index in [0.29, 0.717) is 18.2 Å². The highest BCUT2D eigenvalue weighted by Gasteiger charge is 2.41. The quantitative estimate of drug-likeness (QED) is 0.754. The van der Waals surface area contributed by atoms with Crippen molar-refractivity contribution in [3.8, 4) is 0 Å². The molecule has 3 rings (SSSR count). The van der Waals surface area contributed by atoms with Gasteiger partial charge in [0, 0.05) is 18.7 Å². The SMILES string of the molecule is Cc1cc(C)cc(C2=NN(C(=O)CCCCl)C(C3CC3)C2)c1. The first kappa shape index (κ1) is 15.5. The van der Waals surface area contributed by atoms with E-state index in [4.69, 9.17) is 16.7 Å². The lowest BCUT2D eigenvalue weighted by Gasteiger charge is -2.21. The number of halogens is 1. The fraction of sp³-hybridized carbons (Fsp3) is 0.556. The molecule has 1 aliphatic carbocycles. The van der Waals surface area contributed by atoms with Gasteiger partial charge in [-0.2, -0.15) is 5.10 Å². The Labute approximate surface area is 137 Å². The number of hydrogen-bond donors (Lipinski definition) is 0. The highest BCUT2D eigenvalue weighted by Crippen LogP contribution is 2.40. The molecule has 22 heavy (non-hydrogen) atoms. The summed E-state index contributed by atoms with van der Waals surface area (Å²) in [6, 6.07) is 6.77. The molecule has 0 spiro atoms. The number of alkyl halides is 1. The highest BCUT2D eigenvalue weighted by molar-refractivity contribution is 6.17.